The molecule has 0 saturated carbocycles. The summed E-state index contributed by atoms with van der Waals surface area (Å²) in [5.41, 5.74) is 2.50. The number of hydrogen-bond acceptors (Lipinski definition) is 2. The van der Waals surface area contributed by atoms with Crippen LogP contribution >= 0.6 is 0 Å². The van der Waals surface area contributed by atoms with Gasteiger partial charge in [-0.3, -0.25) is 0 Å². The van der Waals surface area contributed by atoms with Crippen LogP contribution < -0.4 is 10.1 Å². The van der Waals surface area contributed by atoms with Crippen molar-refractivity contribution in [3.05, 3.63) is 29.3 Å². The molecule has 0 radical (unpaired) electrons. The molecule has 1 N–H and O–H groups in total. The molecule has 1 aromatic carbocycles. The summed E-state index contributed by atoms with van der Waals surface area (Å²) in [6.45, 7) is 11.7. The highest BCUT2D eigenvalue weighted by Crippen LogP contribution is 2.18. The van der Waals surface area contributed by atoms with Crippen molar-refractivity contribution in [3.8, 4) is 5.75 Å². The monoisotopic (exact) mass is 235 g/mol. The van der Waals surface area contributed by atoms with Gasteiger partial charge in [0.1, 0.15) is 11.9 Å². The molecule has 96 valence electrons. The highest BCUT2D eigenvalue weighted by Gasteiger charge is 2.12. The summed E-state index contributed by atoms with van der Waals surface area (Å²) in [4.78, 5) is 0. The van der Waals surface area contributed by atoms with Crippen LogP contribution in [0.15, 0.2) is 18.2 Å². The second kappa shape index (κ2) is 6.65. The highest BCUT2D eigenvalue weighted by molar-refractivity contribution is 5.33. The summed E-state index contributed by atoms with van der Waals surface area (Å²) in [7, 11) is 0. The van der Waals surface area contributed by atoms with E-state index < -0.39 is 0 Å². The van der Waals surface area contributed by atoms with Gasteiger partial charge in [-0.05, 0) is 63.9 Å². The van der Waals surface area contributed by atoms with Crippen LogP contribution in [-0.2, 0) is 0 Å². The van der Waals surface area contributed by atoms with Crippen molar-refractivity contribution in [2.75, 3.05) is 6.54 Å². The van der Waals surface area contributed by atoms with Gasteiger partial charge in [0.25, 0.3) is 0 Å². The number of rotatable bonds is 6. The van der Waals surface area contributed by atoms with Crippen molar-refractivity contribution in [2.24, 2.45) is 0 Å². The summed E-state index contributed by atoms with van der Waals surface area (Å²) >= 11 is 0. The van der Waals surface area contributed by atoms with E-state index in [0.29, 0.717) is 6.04 Å². The lowest BCUT2D eigenvalue weighted by atomic mass is 10.1. The van der Waals surface area contributed by atoms with Crippen LogP contribution in [-0.4, -0.2) is 18.7 Å². The van der Waals surface area contributed by atoms with Crippen LogP contribution in [0.1, 0.15) is 38.3 Å². The summed E-state index contributed by atoms with van der Waals surface area (Å²) < 4.78 is 5.97. The third kappa shape index (κ3) is 4.78. The molecule has 1 rings (SSSR count). The average molecular weight is 235 g/mol. The smallest absolute Gasteiger partial charge is 0.120 e. The minimum atomic E-state index is 0.183. The largest absolute Gasteiger partial charge is 0.489 e. The Kier molecular flexibility index (Phi) is 5.49. The summed E-state index contributed by atoms with van der Waals surface area (Å²) in [5.74, 6) is 0.972. The van der Waals surface area contributed by atoms with E-state index in [1.54, 1.807) is 0 Å². The van der Waals surface area contributed by atoms with Gasteiger partial charge in [-0.15, -0.1) is 0 Å². The van der Waals surface area contributed by atoms with Crippen molar-refractivity contribution in [2.45, 2.75) is 53.2 Å². The molecular weight excluding hydrogens is 210 g/mol. The molecule has 0 amide bonds. The second-order valence-corrected chi connectivity index (χ2v) is 4.89. The Morgan fingerprint density at radius 2 is 1.71 bits per heavy atom. The zero-order valence-corrected chi connectivity index (χ0v) is 11.7. The molecule has 0 spiro atoms. The number of nitrogens with one attached hydrogen (secondary N) is 1. The SMILES string of the molecule is CCCNC(C)C(C)Oc1cc(C)cc(C)c1. The maximum Gasteiger partial charge on any atom is 0.120 e. The van der Waals surface area contributed by atoms with Crippen LogP contribution in [0.5, 0.6) is 5.75 Å². The number of aryl methyl sites for hydroxylation is 2. The first-order chi connectivity index (χ1) is 8.02. The van der Waals surface area contributed by atoms with Crippen LogP contribution in [0.3, 0.4) is 0 Å². The minimum absolute atomic E-state index is 0.183. The van der Waals surface area contributed by atoms with Crippen LogP contribution in [0.2, 0.25) is 0 Å². The minimum Gasteiger partial charge on any atom is -0.489 e. The average Bonchev–Trinajstić information content (AvgIpc) is 2.24. The van der Waals surface area contributed by atoms with E-state index in [-0.39, 0.29) is 6.10 Å². The number of hydrogen-bond donors (Lipinski definition) is 1. The van der Waals surface area contributed by atoms with Crippen molar-refractivity contribution in [1.29, 1.82) is 0 Å². The molecule has 0 aromatic heterocycles. The topological polar surface area (TPSA) is 21.3 Å². The van der Waals surface area contributed by atoms with E-state index in [1.807, 2.05) is 0 Å². The van der Waals surface area contributed by atoms with Gasteiger partial charge in [0.05, 0.1) is 0 Å². The Morgan fingerprint density at radius 1 is 1.12 bits per heavy atom. The number of ether oxygens (including phenoxy) is 1. The summed E-state index contributed by atoms with van der Waals surface area (Å²) in [5, 5.41) is 3.46. The number of benzene rings is 1. The standard InChI is InChI=1S/C15H25NO/c1-6-7-16-13(4)14(5)17-15-9-11(2)8-12(3)10-15/h8-10,13-14,16H,6-7H2,1-5H3. The molecule has 0 heterocycles. The van der Waals surface area contributed by atoms with E-state index in [4.69, 9.17) is 4.74 Å². The maximum absolute atomic E-state index is 5.97. The van der Waals surface area contributed by atoms with E-state index in [0.717, 1.165) is 18.7 Å². The lowest BCUT2D eigenvalue weighted by Crippen LogP contribution is -2.39. The van der Waals surface area contributed by atoms with E-state index in [2.05, 4.69) is 58.1 Å². The molecule has 0 saturated heterocycles. The van der Waals surface area contributed by atoms with Crippen molar-refractivity contribution < 1.29 is 4.74 Å². The highest BCUT2D eigenvalue weighted by atomic mass is 16.5. The lowest BCUT2D eigenvalue weighted by molar-refractivity contribution is 0.178. The molecule has 0 bridgehead atoms. The van der Waals surface area contributed by atoms with Gasteiger partial charge in [0.2, 0.25) is 0 Å². The molecule has 2 atom stereocenters. The zero-order chi connectivity index (χ0) is 12.8. The molecule has 0 fully saturated rings. The van der Waals surface area contributed by atoms with Crippen molar-refractivity contribution in [1.82, 2.24) is 5.32 Å². The fourth-order valence-electron chi connectivity index (χ4n) is 1.86. The van der Waals surface area contributed by atoms with Crippen LogP contribution in [0.25, 0.3) is 0 Å². The van der Waals surface area contributed by atoms with Gasteiger partial charge >= 0.3 is 0 Å². The predicted octanol–water partition coefficient (Wildman–Crippen LogP) is 3.46. The third-order valence-corrected chi connectivity index (χ3v) is 2.94. The fourth-order valence-corrected chi connectivity index (χ4v) is 1.86. The van der Waals surface area contributed by atoms with Crippen molar-refractivity contribution in [3.63, 3.8) is 0 Å². The maximum atomic E-state index is 5.97. The Labute approximate surface area is 105 Å². The van der Waals surface area contributed by atoms with Gasteiger partial charge < -0.3 is 10.1 Å². The summed E-state index contributed by atoms with van der Waals surface area (Å²) in [6.07, 6.45) is 1.34. The normalized spacial score (nSPS) is 14.4. The third-order valence-electron chi connectivity index (χ3n) is 2.94. The Balaban J connectivity index is 2.57. The first-order valence-corrected chi connectivity index (χ1v) is 6.51. The van der Waals surface area contributed by atoms with Crippen LogP contribution in [0, 0.1) is 13.8 Å². The lowest BCUT2D eigenvalue weighted by Gasteiger charge is -2.23. The molecule has 2 heteroatoms. The fraction of sp³-hybridized carbons (Fsp3) is 0.600. The molecular formula is C15H25NO. The van der Waals surface area contributed by atoms with Gasteiger partial charge in [0, 0.05) is 6.04 Å². The quantitative estimate of drug-likeness (QED) is 0.815. The van der Waals surface area contributed by atoms with Gasteiger partial charge in [0.15, 0.2) is 0 Å². The van der Waals surface area contributed by atoms with Gasteiger partial charge in [-0.2, -0.15) is 0 Å². The van der Waals surface area contributed by atoms with E-state index >= 15 is 0 Å². The van der Waals surface area contributed by atoms with Gasteiger partial charge in [-0.25, -0.2) is 0 Å². The first-order valence-electron chi connectivity index (χ1n) is 6.51. The van der Waals surface area contributed by atoms with Crippen LogP contribution in [0.4, 0.5) is 0 Å². The molecule has 2 nitrogen and oxygen atoms in total. The molecule has 2 unspecified atom stereocenters. The predicted molar refractivity (Wildman–Crippen MR) is 73.8 cm³/mol. The van der Waals surface area contributed by atoms with E-state index in [9.17, 15) is 0 Å². The van der Waals surface area contributed by atoms with E-state index in [1.165, 1.54) is 11.1 Å². The Hall–Kier alpha value is -1.02. The molecule has 0 aliphatic carbocycles. The van der Waals surface area contributed by atoms with Gasteiger partial charge in [-0.1, -0.05) is 13.0 Å². The molecule has 1 aromatic rings. The Bertz CT molecular complexity index is 329. The summed E-state index contributed by atoms with van der Waals surface area (Å²) in [6, 6.07) is 6.72. The van der Waals surface area contributed by atoms with Crippen molar-refractivity contribution >= 4 is 0 Å². The first kappa shape index (κ1) is 14.0. The zero-order valence-electron chi connectivity index (χ0n) is 11.7. The Morgan fingerprint density at radius 3 is 2.24 bits per heavy atom. The second-order valence-electron chi connectivity index (χ2n) is 4.89. The molecule has 17 heavy (non-hydrogen) atoms. The molecule has 0 aliphatic heterocycles. The molecule has 0 aliphatic rings.